The molecule has 3 rings (SSSR count). The molecule has 1 aromatic heterocycles. The number of hydrogen-bond acceptors (Lipinski definition) is 6. The second-order valence-corrected chi connectivity index (χ2v) is 5.64. The first-order valence-electron chi connectivity index (χ1n) is 7.78. The molecule has 0 saturated carbocycles. The van der Waals surface area contributed by atoms with Crippen LogP contribution in [0.1, 0.15) is 18.2 Å². The molecule has 1 aliphatic rings. The zero-order valence-corrected chi connectivity index (χ0v) is 14.0. The van der Waals surface area contributed by atoms with Crippen molar-refractivity contribution < 1.29 is 14.4 Å². The Bertz CT molecular complexity index is 772. The fourth-order valence-electron chi connectivity index (χ4n) is 3.08. The van der Waals surface area contributed by atoms with Gasteiger partial charge in [-0.05, 0) is 12.6 Å². The molecule has 1 aliphatic heterocycles. The molecular weight excluding hydrogens is 312 g/mol. The summed E-state index contributed by atoms with van der Waals surface area (Å²) in [6.07, 6.45) is 0.894. The van der Waals surface area contributed by atoms with Crippen molar-refractivity contribution in [3.05, 3.63) is 33.5 Å². The molecule has 128 valence electrons. The smallest absolute Gasteiger partial charge is 0.315 e. The predicted molar refractivity (Wildman–Crippen MR) is 88.4 cm³/mol. The van der Waals surface area contributed by atoms with Crippen LogP contribution in [0.4, 0.5) is 5.69 Å². The van der Waals surface area contributed by atoms with E-state index < -0.39 is 4.92 Å². The number of aromatic amines is 1. The minimum atomic E-state index is -0.470. The lowest BCUT2D eigenvalue weighted by atomic mass is 10.00. The Hall–Kier alpha value is -2.61. The van der Waals surface area contributed by atoms with Crippen molar-refractivity contribution in [2.24, 2.45) is 0 Å². The van der Waals surface area contributed by atoms with E-state index in [1.807, 2.05) is 0 Å². The summed E-state index contributed by atoms with van der Waals surface area (Å²) in [4.78, 5) is 13.2. The highest BCUT2D eigenvalue weighted by molar-refractivity contribution is 5.73. The van der Waals surface area contributed by atoms with E-state index in [1.165, 1.54) is 20.3 Å². The molecule has 0 bridgehead atoms. The van der Waals surface area contributed by atoms with Crippen LogP contribution in [0.5, 0.6) is 11.5 Å². The Labute approximate surface area is 139 Å². The zero-order chi connectivity index (χ0) is 17.3. The topological polar surface area (TPSA) is 93.5 Å². The summed E-state index contributed by atoms with van der Waals surface area (Å²) < 4.78 is 10.4. The summed E-state index contributed by atoms with van der Waals surface area (Å²) in [6, 6.07) is 3.22. The SMILES string of the molecule is CCN1CCc2[nH]nc(-c3cc(OC)c(OC)c([N+](=O)[O-])c3)c2C1. The van der Waals surface area contributed by atoms with E-state index in [2.05, 4.69) is 22.0 Å². The highest BCUT2D eigenvalue weighted by Crippen LogP contribution is 2.41. The van der Waals surface area contributed by atoms with Crippen molar-refractivity contribution in [3.63, 3.8) is 0 Å². The van der Waals surface area contributed by atoms with E-state index in [1.54, 1.807) is 6.07 Å². The minimum absolute atomic E-state index is 0.117. The number of rotatable bonds is 5. The van der Waals surface area contributed by atoms with Gasteiger partial charge >= 0.3 is 5.69 Å². The van der Waals surface area contributed by atoms with Crippen molar-refractivity contribution >= 4 is 5.69 Å². The molecule has 1 aromatic carbocycles. The lowest BCUT2D eigenvalue weighted by Gasteiger charge is -2.25. The summed E-state index contributed by atoms with van der Waals surface area (Å²) >= 11 is 0. The van der Waals surface area contributed by atoms with Crippen LogP contribution in [0.2, 0.25) is 0 Å². The molecule has 1 N–H and O–H groups in total. The maximum Gasteiger partial charge on any atom is 0.315 e. The molecule has 2 aromatic rings. The Morgan fingerprint density at radius 2 is 2.17 bits per heavy atom. The third kappa shape index (κ3) is 2.69. The van der Waals surface area contributed by atoms with Crippen molar-refractivity contribution in [1.29, 1.82) is 0 Å². The highest BCUT2D eigenvalue weighted by atomic mass is 16.6. The molecular formula is C16H20N4O4. The van der Waals surface area contributed by atoms with Crippen LogP contribution in [0.25, 0.3) is 11.3 Å². The van der Waals surface area contributed by atoms with E-state index in [0.29, 0.717) is 11.3 Å². The average Bonchev–Trinajstić information content (AvgIpc) is 3.03. The van der Waals surface area contributed by atoms with Gasteiger partial charge in [0.25, 0.3) is 0 Å². The number of nitrogens with one attached hydrogen (secondary N) is 1. The maximum absolute atomic E-state index is 11.4. The number of methoxy groups -OCH3 is 2. The fourth-order valence-corrected chi connectivity index (χ4v) is 3.08. The number of H-pyrrole nitrogens is 1. The van der Waals surface area contributed by atoms with Crippen molar-refractivity contribution in [1.82, 2.24) is 15.1 Å². The molecule has 0 radical (unpaired) electrons. The first-order chi connectivity index (χ1) is 11.6. The molecule has 0 fully saturated rings. The fraction of sp³-hybridized carbons (Fsp3) is 0.438. The molecule has 2 heterocycles. The quantitative estimate of drug-likeness (QED) is 0.667. The van der Waals surface area contributed by atoms with Crippen LogP contribution >= 0.6 is 0 Å². The highest BCUT2D eigenvalue weighted by Gasteiger charge is 2.26. The van der Waals surface area contributed by atoms with Gasteiger partial charge in [-0.2, -0.15) is 5.10 Å². The number of fused-ring (bicyclic) bond motifs is 1. The molecule has 0 spiro atoms. The number of likely N-dealkylation sites (N-methyl/N-ethyl adjacent to an activating group) is 1. The maximum atomic E-state index is 11.4. The van der Waals surface area contributed by atoms with E-state index in [9.17, 15) is 10.1 Å². The van der Waals surface area contributed by atoms with Crippen molar-refractivity contribution in [2.45, 2.75) is 19.9 Å². The number of nitro groups is 1. The van der Waals surface area contributed by atoms with Gasteiger partial charge in [0.15, 0.2) is 5.75 Å². The van der Waals surface area contributed by atoms with Crippen LogP contribution in [-0.2, 0) is 13.0 Å². The van der Waals surface area contributed by atoms with Gasteiger partial charge in [-0.3, -0.25) is 20.1 Å². The lowest BCUT2D eigenvalue weighted by Crippen LogP contribution is -2.30. The Balaban J connectivity index is 2.12. The number of nitrogens with zero attached hydrogens (tertiary/aromatic N) is 3. The third-order valence-electron chi connectivity index (χ3n) is 4.39. The Morgan fingerprint density at radius 3 is 2.79 bits per heavy atom. The van der Waals surface area contributed by atoms with E-state index >= 15 is 0 Å². The molecule has 0 aliphatic carbocycles. The molecule has 0 atom stereocenters. The molecule has 0 unspecified atom stereocenters. The molecule has 8 heteroatoms. The largest absolute Gasteiger partial charge is 0.493 e. The summed E-state index contributed by atoms with van der Waals surface area (Å²) in [5, 5.41) is 18.9. The summed E-state index contributed by atoms with van der Waals surface area (Å²) in [5.74, 6) is 0.437. The van der Waals surface area contributed by atoms with E-state index in [4.69, 9.17) is 9.47 Å². The second kappa shape index (κ2) is 6.48. The normalized spacial score (nSPS) is 14.3. The molecule has 24 heavy (non-hydrogen) atoms. The van der Waals surface area contributed by atoms with Gasteiger partial charge in [-0.1, -0.05) is 6.92 Å². The number of nitro benzene ring substituents is 1. The molecule has 0 amide bonds. The predicted octanol–water partition coefficient (Wildman–Crippen LogP) is 2.38. The van der Waals surface area contributed by atoms with Gasteiger partial charge in [-0.15, -0.1) is 0 Å². The Kier molecular flexibility index (Phi) is 4.39. The van der Waals surface area contributed by atoms with Crippen LogP contribution in [0, 0.1) is 10.1 Å². The van der Waals surface area contributed by atoms with E-state index in [0.717, 1.165) is 43.0 Å². The second-order valence-electron chi connectivity index (χ2n) is 5.64. The van der Waals surface area contributed by atoms with Crippen molar-refractivity contribution in [3.8, 4) is 22.8 Å². The number of aromatic nitrogens is 2. The third-order valence-corrected chi connectivity index (χ3v) is 4.39. The summed E-state index contributed by atoms with van der Waals surface area (Å²) in [6.45, 7) is 4.83. The van der Waals surface area contributed by atoms with Gasteiger partial charge < -0.3 is 9.47 Å². The average molecular weight is 332 g/mol. The van der Waals surface area contributed by atoms with Gasteiger partial charge in [0.1, 0.15) is 0 Å². The van der Waals surface area contributed by atoms with Gasteiger partial charge in [-0.25, -0.2) is 0 Å². The van der Waals surface area contributed by atoms with Crippen LogP contribution in [0.3, 0.4) is 0 Å². The van der Waals surface area contributed by atoms with E-state index in [-0.39, 0.29) is 11.4 Å². The number of hydrogen-bond donors (Lipinski definition) is 1. The standard InChI is InChI=1S/C16H20N4O4/c1-4-19-6-5-12-11(9-19)15(18-17-12)10-7-13(20(21)22)16(24-3)14(8-10)23-2/h7-8H,4-6,9H2,1-3H3,(H,17,18). The monoisotopic (exact) mass is 332 g/mol. The first kappa shape index (κ1) is 16.3. The molecule has 8 nitrogen and oxygen atoms in total. The van der Waals surface area contributed by atoms with Gasteiger partial charge in [0, 0.05) is 42.4 Å². The van der Waals surface area contributed by atoms with Gasteiger partial charge in [0.05, 0.1) is 24.8 Å². The van der Waals surface area contributed by atoms with Crippen LogP contribution in [-0.4, -0.2) is 47.3 Å². The first-order valence-corrected chi connectivity index (χ1v) is 7.78. The number of ether oxygens (including phenoxy) is 2. The molecule has 0 saturated heterocycles. The number of benzene rings is 1. The minimum Gasteiger partial charge on any atom is -0.493 e. The lowest BCUT2D eigenvalue weighted by molar-refractivity contribution is -0.385. The van der Waals surface area contributed by atoms with Gasteiger partial charge in [0.2, 0.25) is 5.75 Å². The Morgan fingerprint density at radius 1 is 1.38 bits per heavy atom. The summed E-state index contributed by atoms with van der Waals surface area (Å²) in [5.41, 5.74) is 3.42. The van der Waals surface area contributed by atoms with Crippen molar-refractivity contribution in [2.75, 3.05) is 27.3 Å². The van der Waals surface area contributed by atoms with Crippen LogP contribution < -0.4 is 9.47 Å². The van der Waals surface area contributed by atoms with Crippen LogP contribution in [0.15, 0.2) is 12.1 Å². The zero-order valence-electron chi connectivity index (χ0n) is 14.0. The summed E-state index contributed by atoms with van der Waals surface area (Å²) in [7, 11) is 2.85.